The lowest BCUT2D eigenvalue weighted by atomic mass is 10.2. The van der Waals surface area contributed by atoms with Gasteiger partial charge in [0.05, 0.1) is 9.38 Å². The Balaban J connectivity index is 2.27. The number of amides is 2. The molecule has 0 aromatic heterocycles. The summed E-state index contributed by atoms with van der Waals surface area (Å²) in [5.74, 6) is -0.741. The molecule has 1 heterocycles. The maximum Gasteiger partial charge on any atom is 0.293 e. The van der Waals surface area contributed by atoms with Gasteiger partial charge < -0.3 is 5.73 Å². The van der Waals surface area contributed by atoms with Crippen molar-refractivity contribution in [1.82, 2.24) is 4.90 Å². The molecule has 7 heteroatoms. The molecule has 2 amide bonds. The number of hydrogen-bond acceptors (Lipinski definition) is 4. The van der Waals surface area contributed by atoms with E-state index >= 15 is 0 Å². The van der Waals surface area contributed by atoms with Crippen molar-refractivity contribution < 1.29 is 14.0 Å². The highest BCUT2D eigenvalue weighted by atomic mass is 79.9. The summed E-state index contributed by atoms with van der Waals surface area (Å²) in [4.78, 5) is 25.0. The molecule has 0 saturated carbocycles. The van der Waals surface area contributed by atoms with Crippen LogP contribution in [0.4, 0.5) is 9.18 Å². The van der Waals surface area contributed by atoms with Crippen LogP contribution in [0.2, 0.25) is 0 Å². The number of rotatable bonds is 3. The van der Waals surface area contributed by atoms with E-state index < -0.39 is 0 Å². The zero-order valence-electron chi connectivity index (χ0n) is 9.73. The summed E-state index contributed by atoms with van der Waals surface area (Å²) in [6.07, 6.45) is 1.56. The molecule has 4 nitrogen and oxygen atoms in total. The Labute approximate surface area is 122 Å². The Bertz CT molecular complexity index is 577. The van der Waals surface area contributed by atoms with Crippen LogP contribution < -0.4 is 5.73 Å². The first kappa shape index (κ1) is 14.2. The Hall–Kier alpha value is -1.18. The summed E-state index contributed by atoms with van der Waals surface area (Å²) in [5, 5.41) is -0.331. The van der Waals surface area contributed by atoms with Crippen molar-refractivity contribution in [3.8, 4) is 0 Å². The lowest BCUT2D eigenvalue weighted by molar-refractivity contribution is -0.122. The van der Waals surface area contributed by atoms with Crippen molar-refractivity contribution >= 4 is 44.9 Å². The molecule has 1 saturated heterocycles. The summed E-state index contributed by atoms with van der Waals surface area (Å²) in [5.41, 5.74) is 5.99. The average Bonchev–Trinajstić information content (AvgIpc) is 2.62. The van der Waals surface area contributed by atoms with Crippen LogP contribution in [0.25, 0.3) is 6.08 Å². The van der Waals surface area contributed by atoms with E-state index in [4.69, 9.17) is 5.73 Å². The van der Waals surface area contributed by atoms with E-state index in [0.29, 0.717) is 14.9 Å². The van der Waals surface area contributed by atoms with Crippen LogP contribution in [0.5, 0.6) is 0 Å². The molecule has 1 aliphatic rings. The quantitative estimate of drug-likeness (QED) is 0.856. The van der Waals surface area contributed by atoms with Crippen LogP contribution in [-0.2, 0) is 4.79 Å². The van der Waals surface area contributed by atoms with Gasteiger partial charge in [-0.25, -0.2) is 4.39 Å². The maximum atomic E-state index is 13.1. The van der Waals surface area contributed by atoms with Crippen molar-refractivity contribution in [1.29, 1.82) is 0 Å². The average molecular weight is 345 g/mol. The molecule has 2 rings (SSSR count). The second kappa shape index (κ2) is 5.85. The standard InChI is InChI=1S/C12H10BrFN2O2S/c13-8-5-7(1-2-9(8)14)6-10-11(17)16(4-3-15)12(18)19-10/h1-2,5-6H,3-4,15H2/b10-6-. The Morgan fingerprint density at radius 2 is 2.16 bits per heavy atom. The molecule has 1 fully saturated rings. The molecule has 100 valence electrons. The molecule has 1 aliphatic heterocycles. The number of nitrogens with zero attached hydrogens (tertiary/aromatic N) is 1. The molecule has 2 N–H and O–H groups in total. The molecule has 0 unspecified atom stereocenters. The fourth-order valence-electron chi connectivity index (χ4n) is 1.58. The van der Waals surface area contributed by atoms with Crippen LogP contribution in [0.3, 0.4) is 0 Å². The van der Waals surface area contributed by atoms with Gasteiger partial charge in [-0.15, -0.1) is 0 Å². The number of nitrogens with two attached hydrogens (primary N) is 1. The highest BCUT2D eigenvalue weighted by Gasteiger charge is 2.34. The fraction of sp³-hybridized carbons (Fsp3) is 0.167. The third-order valence-corrected chi connectivity index (χ3v) is 3.98. The number of thioether (sulfide) groups is 1. The van der Waals surface area contributed by atoms with E-state index in [-0.39, 0.29) is 30.1 Å². The summed E-state index contributed by atoms with van der Waals surface area (Å²) in [6, 6.07) is 4.38. The summed E-state index contributed by atoms with van der Waals surface area (Å²) in [6.45, 7) is 0.433. The first-order valence-corrected chi connectivity index (χ1v) is 7.04. The van der Waals surface area contributed by atoms with Gasteiger partial charge in [0, 0.05) is 13.1 Å². The second-order valence-electron chi connectivity index (χ2n) is 3.80. The van der Waals surface area contributed by atoms with Gasteiger partial charge in [-0.05, 0) is 51.5 Å². The lowest BCUT2D eigenvalue weighted by Gasteiger charge is -2.09. The first-order valence-electron chi connectivity index (χ1n) is 5.43. The molecule has 0 bridgehead atoms. The van der Waals surface area contributed by atoms with Crippen molar-refractivity contribution in [3.63, 3.8) is 0 Å². The van der Waals surface area contributed by atoms with Crippen molar-refractivity contribution in [2.24, 2.45) is 5.73 Å². The van der Waals surface area contributed by atoms with E-state index in [9.17, 15) is 14.0 Å². The Morgan fingerprint density at radius 1 is 1.42 bits per heavy atom. The predicted molar refractivity (Wildman–Crippen MR) is 75.8 cm³/mol. The van der Waals surface area contributed by atoms with Gasteiger partial charge in [-0.2, -0.15) is 0 Å². The zero-order chi connectivity index (χ0) is 14.0. The van der Waals surface area contributed by atoms with Gasteiger partial charge >= 0.3 is 0 Å². The van der Waals surface area contributed by atoms with Gasteiger partial charge in [0.2, 0.25) is 0 Å². The first-order chi connectivity index (χ1) is 9.02. The molecular formula is C12H10BrFN2O2S. The number of imide groups is 1. The minimum atomic E-state index is -0.381. The summed E-state index contributed by atoms with van der Waals surface area (Å²) in [7, 11) is 0. The van der Waals surface area contributed by atoms with Crippen molar-refractivity contribution in [2.75, 3.05) is 13.1 Å². The largest absolute Gasteiger partial charge is 0.329 e. The van der Waals surface area contributed by atoms with E-state index in [1.54, 1.807) is 12.1 Å². The minimum Gasteiger partial charge on any atom is -0.329 e. The molecule has 19 heavy (non-hydrogen) atoms. The van der Waals surface area contributed by atoms with Crippen LogP contribution >= 0.6 is 27.7 Å². The van der Waals surface area contributed by atoms with Crippen LogP contribution in [0.15, 0.2) is 27.6 Å². The summed E-state index contributed by atoms with van der Waals surface area (Å²) >= 11 is 3.93. The third-order valence-electron chi connectivity index (χ3n) is 2.47. The van der Waals surface area contributed by atoms with Crippen molar-refractivity contribution in [3.05, 3.63) is 39.0 Å². The number of carbonyl (C=O) groups excluding carboxylic acids is 2. The molecule has 1 aromatic rings. The molecule has 1 aromatic carbocycles. The third kappa shape index (κ3) is 3.05. The van der Waals surface area contributed by atoms with Gasteiger partial charge in [0.15, 0.2) is 0 Å². The number of hydrogen-bond donors (Lipinski definition) is 1. The molecular weight excluding hydrogens is 335 g/mol. The second-order valence-corrected chi connectivity index (χ2v) is 5.64. The molecule has 0 aliphatic carbocycles. The Morgan fingerprint density at radius 3 is 2.79 bits per heavy atom. The monoisotopic (exact) mass is 344 g/mol. The highest BCUT2D eigenvalue weighted by molar-refractivity contribution is 9.10. The topological polar surface area (TPSA) is 63.4 Å². The van der Waals surface area contributed by atoms with E-state index in [1.807, 2.05) is 0 Å². The summed E-state index contributed by atoms with van der Waals surface area (Å²) < 4.78 is 13.4. The van der Waals surface area contributed by atoms with Gasteiger partial charge in [-0.3, -0.25) is 14.5 Å². The van der Waals surface area contributed by atoms with Crippen LogP contribution in [0.1, 0.15) is 5.56 Å². The molecule has 0 radical (unpaired) electrons. The fourth-order valence-corrected chi connectivity index (χ4v) is 2.84. The zero-order valence-corrected chi connectivity index (χ0v) is 12.1. The lowest BCUT2D eigenvalue weighted by Crippen LogP contribution is -2.33. The Kier molecular flexibility index (Phi) is 4.38. The maximum absolute atomic E-state index is 13.1. The van der Waals surface area contributed by atoms with Gasteiger partial charge in [0.1, 0.15) is 5.82 Å². The van der Waals surface area contributed by atoms with E-state index in [1.165, 1.54) is 12.1 Å². The SMILES string of the molecule is NCCN1C(=O)S/C(=C\c2ccc(F)c(Br)c2)C1=O. The van der Waals surface area contributed by atoms with Gasteiger partial charge in [0.25, 0.3) is 11.1 Å². The highest BCUT2D eigenvalue weighted by Crippen LogP contribution is 2.32. The molecule has 0 spiro atoms. The van der Waals surface area contributed by atoms with Crippen LogP contribution in [-0.4, -0.2) is 29.1 Å². The number of carbonyl (C=O) groups is 2. The van der Waals surface area contributed by atoms with E-state index in [2.05, 4.69) is 15.9 Å². The van der Waals surface area contributed by atoms with Crippen LogP contribution in [0, 0.1) is 5.82 Å². The normalized spacial score (nSPS) is 17.6. The predicted octanol–water partition coefficient (Wildman–Crippen LogP) is 2.58. The van der Waals surface area contributed by atoms with E-state index in [0.717, 1.165) is 16.7 Å². The number of benzene rings is 1. The molecule has 0 atom stereocenters. The smallest absolute Gasteiger partial charge is 0.293 e. The van der Waals surface area contributed by atoms with Crippen molar-refractivity contribution in [2.45, 2.75) is 0 Å². The van der Waals surface area contributed by atoms with Gasteiger partial charge in [-0.1, -0.05) is 6.07 Å². The number of halogens is 2. The minimum absolute atomic E-state index is 0.203.